The lowest BCUT2D eigenvalue weighted by molar-refractivity contribution is 0.000271. The largest absolute Gasteiger partial charge is 0.378 e. The van der Waals surface area contributed by atoms with Gasteiger partial charge < -0.3 is 4.74 Å². The Balaban J connectivity index is 2.17. The zero-order chi connectivity index (χ0) is 10.4. The third-order valence-corrected chi connectivity index (χ3v) is 4.30. The molecule has 3 unspecified atom stereocenters. The van der Waals surface area contributed by atoms with Gasteiger partial charge in [-0.1, -0.05) is 49.0 Å². The van der Waals surface area contributed by atoms with Crippen LogP contribution in [0.3, 0.4) is 0 Å². The van der Waals surface area contributed by atoms with E-state index in [0.29, 0.717) is 12.0 Å². The van der Waals surface area contributed by atoms with E-state index < -0.39 is 0 Å². The number of halogens is 1. The van der Waals surface area contributed by atoms with Gasteiger partial charge >= 0.3 is 0 Å². The topological polar surface area (TPSA) is 9.23 Å². The number of hydrogen-bond donors (Lipinski definition) is 0. The van der Waals surface area contributed by atoms with Gasteiger partial charge in [0.2, 0.25) is 0 Å². The summed E-state index contributed by atoms with van der Waals surface area (Å²) in [7, 11) is 0. The first-order valence-corrected chi connectivity index (χ1v) is 7.06. The zero-order valence-corrected chi connectivity index (χ0v) is 11.1. The minimum Gasteiger partial charge on any atom is -0.378 e. The Morgan fingerprint density at radius 1 is 1.43 bits per heavy atom. The van der Waals surface area contributed by atoms with E-state index in [1.165, 1.54) is 32.1 Å². The average Bonchev–Trinajstić information content (AvgIpc) is 2.26. The molecule has 0 aliphatic heterocycles. The molecule has 1 aliphatic rings. The highest BCUT2D eigenvalue weighted by atomic mass is 79.9. The molecule has 0 aromatic heterocycles. The second-order valence-corrected chi connectivity index (χ2v) is 5.30. The van der Waals surface area contributed by atoms with Crippen molar-refractivity contribution in [1.29, 1.82) is 0 Å². The lowest BCUT2D eigenvalue weighted by Gasteiger charge is -2.29. The van der Waals surface area contributed by atoms with E-state index in [2.05, 4.69) is 29.8 Å². The third-order valence-electron chi connectivity index (χ3n) is 3.19. The quantitative estimate of drug-likeness (QED) is 0.681. The first-order valence-electron chi connectivity index (χ1n) is 5.93. The molecule has 14 heavy (non-hydrogen) atoms. The number of alkyl halides is 1. The maximum atomic E-state index is 5.94. The standard InChI is InChI=1S/C12H23BrO/c1-3-11-5-4-6-12(7-11)14-9-10(2)8-13/h10-12H,3-9H2,1-2H3. The van der Waals surface area contributed by atoms with Crippen LogP contribution >= 0.6 is 15.9 Å². The molecule has 0 saturated heterocycles. The highest BCUT2D eigenvalue weighted by Crippen LogP contribution is 2.28. The zero-order valence-electron chi connectivity index (χ0n) is 9.47. The molecule has 1 aliphatic carbocycles. The monoisotopic (exact) mass is 262 g/mol. The predicted molar refractivity (Wildman–Crippen MR) is 64.9 cm³/mol. The molecule has 0 radical (unpaired) electrons. The van der Waals surface area contributed by atoms with Crippen LogP contribution in [-0.2, 0) is 4.74 Å². The van der Waals surface area contributed by atoms with Crippen molar-refractivity contribution >= 4 is 15.9 Å². The Hall–Kier alpha value is 0.440. The van der Waals surface area contributed by atoms with Gasteiger partial charge in [0, 0.05) is 5.33 Å². The Morgan fingerprint density at radius 2 is 2.21 bits per heavy atom. The summed E-state index contributed by atoms with van der Waals surface area (Å²) in [5, 5.41) is 1.05. The Morgan fingerprint density at radius 3 is 2.86 bits per heavy atom. The molecule has 0 aromatic carbocycles. The molecular formula is C12H23BrO. The number of rotatable bonds is 5. The summed E-state index contributed by atoms with van der Waals surface area (Å²) in [6.45, 7) is 5.45. The molecule has 1 rings (SSSR count). The SMILES string of the molecule is CCC1CCCC(OCC(C)CBr)C1. The molecule has 0 bridgehead atoms. The van der Waals surface area contributed by atoms with Crippen LogP contribution in [0.2, 0.25) is 0 Å². The van der Waals surface area contributed by atoms with Gasteiger partial charge in [-0.2, -0.15) is 0 Å². The lowest BCUT2D eigenvalue weighted by Crippen LogP contribution is -2.24. The second kappa shape index (κ2) is 6.84. The predicted octanol–water partition coefficient (Wildman–Crippen LogP) is 4.00. The summed E-state index contributed by atoms with van der Waals surface area (Å²) in [6, 6.07) is 0. The maximum absolute atomic E-state index is 5.94. The van der Waals surface area contributed by atoms with E-state index in [1.807, 2.05) is 0 Å². The first kappa shape index (κ1) is 12.5. The molecule has 0 N–H and O–H groups in total. The molecular weight excluding hydrogens is 240 g/mol. The van der Waals surface area contributed by atoms with Gasteiger partial charge in [-0.25, -0.2) is 0 Å². The van der Waals surface area contributed by atoms with Crippen LogP contribution in [0.1, 0.15) is 46.0 Å². The molecule has 0 amide bonds. The Bertz CT molecular complexity index is 149. The minimum atomic E-state index is 0.551. The summed E-state index contributed by atoms with van der Waals surface area (Å²) in [5.74, 6) is 1.57. The van der Waals surface area contributed by atoms with E-state index in [-0.39, 0.29) is 0 Å². The van der Waals surface area contributed by atoms with Crippen molar-refractivity contribution in [2.24, 2.45) is 11.8 Å². The molecule has 1 fully saturated rings. The van der Waals surface area contributed by atoms with Gasteiger partial charge in [-0.05, 0) is 24.7 Å². The Labute approximate surface area is 96.7 Å². The molecule has 1 nitrogen and oxygen atoms in total. The first-order chi connectivity index (χ1) is 6.76. The van der Waals surface area contributed by atoms with Crippen molar-refractivity contribution in [1.82, 2.24) is 0 Å². The van der Waals surface area contributed by atoms with Crippen LogP contribution in [-0.4, -0.2) is 18.0 Å². The van der Waals surface area contributed by atoms with Crippen molar-refractivity contribution in [3.8, 4) is 0 Å². The van der Waals surface area contributed by atoms with Gasteiger partial charge in [-0.3, -0.25) is 0 Å². The summed E-state index contributed by atoms with van der Waals surface area (Å²) in [4.78, 5) is 0. The van der Waals surface area contributed by atoms with Gasteiger partial charge in [-0.15, -0.1) is 0 Å². The van der Waals surface area contributed by atoms with Crippen LogP contribution in [0.15, 0.2) is 0 Å². The van der Waals surface area contributed by atoms with Crippen LogP contribution in [0.5, 0.6) is 0 Å². The van der Waals surface area contributed by atoms with E-state index in [4.69, 9.17) is 4.74 Å². The molecule has 0 spiro atoms. The fraction of sp³-hybridized carbons (Fsp3) is 1.00. The van der Waals surface area contributed by atoms with Crippen molar-refractivity contribution < 1.29 is 4.74 Å². The fourth-order valence-electron chi connectivity index (χ4n) is 2.11. The smallest absolute Gasteiger partial charge is 0.0577 e. The molecule has 1 saturated carbocycles. The minimum absolute atomic E-state index is 0.551. The molecule has 3 atom stereocenters. The average molecular weight is 263 g/mol. The summed E-state index contributed by atoms with van der Waals surface area (Å²) in [5.41, 5.74) is 0. The van der Waals surface area contributed by atoms with E-state index in [1.54, 1.807) is 0 Å². The summed E-state index contributed by atoms with van der Waals surface area (Å²) < 4.78 is 5.94. The van der Waals surface area contributed by atoms with E-state index in [0.717, 1.165) is 17.9 Å². The van der Waals surface area contributed by atoms with E-state index in [9.17, 15) is 0 Å². The van der Waals surface area contributed by atoms with Crippen molar-refractivity contribution in [2.45, 2.75) is 52.1 Å². The lowest BCUT2D eigenvalue weighted by atomic mass is 9.85. The highest BCUT2D eigenvalue weighted by molar-refractivity contribution is 9.09. The van der Waals surface area contributed by atoms with E-state index >= 15 is 0 Å². The second-order valence-electron chi connectivity index (χ2n) is 4.66. The molecule has 0 aromatic rings. The Kier molecular flexibility index (Phi) is 6.11. The highest BCUT2D eigenvalue weighted by Gasteiger charge is 2.21. The van der Waals surface area contributed by atoms with Crippen LogP contribution in [0.4, 0.5) is 0 Å². The third kappa shape index (κ3) is 4.31. The van der Waals surface area contributed by atoms with Crippen molar-refractivity contribution in [3.63, 3.8) is 0 Å². The molecule has 84 valence electrons. The van der Waals surface area contributed by atoms with Crippen LogP contribution in [0, 0.1) is 11.8 Å². The maximum Gasteiger partial charge on any atom is 0.0577 e. The van der Waals surface area contributed by atoms with Gasteiger partial charge in [0.1, 0.15) is 0 Å². The van der Waals surface area contributed by atoms with Crippen LogP contribution < -0.4 is 0 Å². The number of hydrogen-bond acceptors (Lipinski definition) is 1. The van der Waals surface area contributed by atoms with Crippen LogP contribution in [0.25, 0.3) is 0 Å². The molecule has 0 heterocycles. The summed E-state index contributed by atoms with van der Waals surface area (Å²) >= 11 is 3.49. The van der Waals surface area contributed by atoms with Crippen molar-refractivity contribution in [2.75, 3.05) is 11.9 Å². The fourth-order valence-corrected chi connectivity index (χ4v) is 2.30. The van der Waals surface area contributed by atoms with Gasteiger partial charge in [0.05, 0.1) is 12.7 Å². The van der Waals surface area contributed by atoms with Gasteiger partial charge in [0.25, 0.3) is 0 Å². The molecule has 2 heteroatoms. The van der Waals surface area contributed by atoms with Gasteiger partial charge in [0.15, 0.2) is 0 Å². The normalized spacial score (nSPS) is 30.2. The number of ether oxygens (including phenoxy) is 1. The van der Waals surface area contributed by atoms with Crippen molar-refractivity contribution in [3.05, 3.63) is 0 Å². The summed E-state index contributed by atoms with van der Waals surface area (Å²) in [6.07, 6.45) is 7.25.